The van der Waals surface area contributed by atoms with Crippen molar-refractivity contribution < 1.29 is 14.1 Å². The molecule has 6 heteroatoms. The number of aryl methyl sites for hydroxylation is 1. The molecule has 0 saturated heterocycles. The first-order valence-electron chi connectivity index (χ1n) is 7.79. The minimum atomic E-state index is -0.743. The van der Waals surface area contributed by atoms with Crippen LogP contribution in [0.15, 0.2) is 59.1 Å². The molecule has 0 bridgehead atoms. The third-order valence-electron chi connectivity index (χ3n) is 3.61. The molecule has 2 aromatic carbocycles. The van der Waals surface area contributed by atoms with Crippen LogP contribution in [0.5, 0.6) is 5.75 Å². The summed E-state index contributed by atoms with van der Waals surface area (Å²) >= 11 is 6.03. The third-order valence-corrected chi connectivity index (χ3v) is 3.93. The van der Waals surface area contributed by atoms with Gasteiger partial charge >= 0.3 is 0 Å². The SMILES string of the molecule is Cc1ccc(-c2cc(NC(=O)[C@@H](C)Oc3ccccc3Cl)on2)cc1. The van der Waals surface area contributed by atoms with E-state index in [2.05, 4.69) is 10.5 Å². The maximum Gasteiger partial charge on any atom is 0.267 e. The van der Waals surface area contributed by atoms with Crippen LogP contribution in [0.1, 0.15) is 12.5 Å². The van der Waals surface area contributed by atoms with Gasteiger partial charge in [-0.05, 0) is 26.0 Å². The van der Waals surface area contributed by atoms with E-state index in [9.17, 15) is 4.79 Å². The maximum absolute atomic E-state index is 12.3. The maximum atomic E-state index is 12.3. The summed E-state index contributed by atoms with van der Waals surface area (Å²) < 4.78 is 10.8. The standard InChI is InChI=1S/C19H17ClN2O3/c1-12-7-9-14(10-8-12)16-11-18(25-22-16)21-19(23)13(2)24-17-6-4-3-5-15(17)20/h3-11,13H,1-2H3,(H,21,23)/t13-/m1/s1. The van der Waals surface area contributed by atoms with Gasteiger partial charge in [0.25, 0.3) is 5.91 Å². The second kappa shape index (κ2) is 7.40. The Hall–Kier alpha value is -2.79. The first-order valence-corrected chi connectivity index (χ1v) is 8.16. The highest BCUT2D eigenvalue weighted by atomic mass is 35.5. The van der Waals surface area contributed by atoms with Gasteiger partial charge in [0.2, 0.25) is 5.88 Å². The molecule has 0 spiro atoms. The predicted octanol–water partition coefficient (Wildman–Crippen LogP) is 4.71. The van der Waals surface area contributed by atoms with Crippen LogP contribution >= 0.6 is 11.6 Å². The molecule has 0 fully saturated rings. The highest BCUT2D eigenvalue weighted by Gasteiger charge is 2.18. The second-order valence-corrected chi connectivity index (χ2v) is 6.03. The number of nitrogens with zero attached hydrogens (tertiary/aromatic N) is 1. The third kappa shape index (κ3) is 4.19. The molecule has 25 heavy (non-hydrogen) atoms. The van der Waals surface area contributed by atoms with E-state index in [1.807, 2.05) is 31.2 Å². The average molecular weight is 357 g/mol. The molecule has 5 nitrogen and oxygen atoms in total. The van der Waals surface area contributed by atoms with Gasteiger partial charge in [-0.2, -0.15) is 0 Å². The zero-order chi connectivity index (χ0) is 17.8. The molecular formula is C19H17ClN2O3. The van der Waals surface area contributed by atoms with Gasteiger partial charge < -0.3 is 9.26 Å². The molecule has 128 valence electrons. The summed E-state index contributed by atoms with van der Waals surface area (Å²) in [5.41, 5.74) is 2.72. The van der Waals surface area contributed by atoms with E-state index in [1.165, 1.54) is 0 Å². The lowest BCUT2D eigenvalue weighted by molar-refractivity contribution is -0.122. The Kier molecular flexibility index (Phi) is 5.05. The number of nitrogens with one attached hydrogen (secondary N) is 1. The molecule has 1 aromatic heterocycles. The summed E-state index contributed by atoms with van der Waals surface area (Å²) in [5, 5.41) is 7.07. The lowest BCUT2D eigenvalue weighted by atomic mass is 10.1. The molecule has 1 heterocycles. The van der Waals surface area contributed by atoms with Crippen LogP contribution in [-0.2, 0) is 4.79 Å². The fraction of sp³-hybridized carbons (Fsp3) is 0.158. The number of amides is 1. The van der Waals surface area contributed by atoms with Gasteiger partial charge in [-0.1, -0.05) is 58.7 Å². The largest absolute Gasteiger partial charge is 0.479 e. The highest BCUT2D eigenvalue weighted by molar-refractivity contribution is 6.32. The van der Waals surface area contributed by atoms with Gasteiger partial charge in [-0.3, -0.25) is 10.1 Å². The minimum Gasteiger partial charge on any atom is -0.479 e. The van der Waals surface area contributed by atoms with Gasteiger partial charge in [-0.15, -0.1) is 0 Å². The number of carbonyl (C=O) groups is 1. The fourth-order valence-corrected chi connectivity index (χ4v) is 2.38. The number of hydrogen-bond acceptors (Lipinski definition) is 4. The molecule has 1 N–H and O–H groups in total. The molecule has 0 unspecified atom stereocenters. The van der Waals surface area contributed by atoms with Gasteiger partial charge in [0.1, 0.15) is 11.4 Å². The summed E-state index contributed by atoms with van der Waals surface area (Å²) in [5.74, 6) is 0.353. The summed E-state index contributed by atoms with van der Waals surface area (Å²) in [4.78, 5) is 12.3. The number of anilines is 1. The monoisotopic (exact) mass is 356 g/mol. The van der Waals surface area contributed by atoms with Crippen molar-refractivity contribution in [3.05, 3.63) is 65.2 Å². The van der Waals surface area contributed by atoms with Crippen LogP contribution in [0.25, 0.3) is 11.3 Å². The summed E-state index contributed by atoms with van der Waals surface area (Å²) in [6, 6.07) is 16.5. The zero-order valence-corrected chi connectivity index (χ0v) is 14.6. The van der Waals surface area contributed by atoms with Gasteiger partial charge in [0.15, 0.2) is 6.10 Å². The number of hydrogen-bond donors (Lipinski definition) is 1. The van der Waals surface area contributed by atoms with E-state index in [-0.39, 0.29) is 11.8 Å². The fourth-order valence-electron chi connectivity index (χ4n) is 2.20. The number of rotatable bonds is 5. The van der Waals surface area contributed by atoms with Crippen molar-refractivity contribution >= 4 is 23.4 Å². The smallest absolute Gasteiger partial charge is 0.267 e. The summed E-state index contributed by atoms with van der Waals surface area (Å²) in [7, 11) is 0. The quantitative estimate of drug-likeness (QED) is 0.719. The molecule has 0 aliphatic heterocycles. The first-order chi connectivity index (χ1) is 12.0. The van der Waals surface area contributed by atoms with Crippen molar-refractivity contribution in [2.75, 3.05) is 5.32 Å². The Morgan fingerprint density at radius 1 is 1.20 bits per heavy atom. The number of carbonyl (C=O) groups excluding carboxylic acids is 1. The van der Waals surface area contributed by atoms with Crippen LogP contribution in [0, 0.1) is 6.92 Å². The van der Waals surface area contributed by atoms with Crippen molar-refractivity contribution in [2.45, 2.75) is 20.0 Å². The van der Waals surface area contributed by atoms with Crippen molar-refractivity contribution in [3.63, 3.8) is 0 Å². The first kappa shape index (κ1) is 17.0. The Labute approximate surface area is 150 Å². The molecule has 0 radical (unpaired) electrons. The Morgan fingerprint density at radius 3 is 2.64 bits per heavy atom. The van der Waals surface area contributed by atoms with Crippen molar-refractivity contribution in [1.82, 2.24) is 5.16 Å². The molecule has 3 rings (SSSR count). The van der Waals surface area contributed by atoms with Gasteiger partial charge in [-0.25, -0.2) is 0 Å². The van der Waals surface area contributed by atoms with Crippen LogP contribution in [0.3, 0.4) is 0 Å². The summed E-state index contributed by atoms with van der Waals surface area (Å²) in [6.45, 7) is 3.65. The van der Waals surface area contributed by atoms with E-state index < -0.39 is 6.10 Å². The van der Waals surface area contributed by atoms with E-state index in [1.54, 1.807) is 37.3 Å². The Morgan fingerprint density at radius 2 is 1.92 bits per heavy atom. The Balaban J connectivity index is 1.65. The van der Waals surface area contributed by atoms with E-state index in [4.69, 9.17) is 20.9 Å². The van der Waals surface area contributed by atoms with Gasteiger partial charge in [0.05, 0.1) is 5.02 Å². The Bertz CT molecular complexity index is 874. The molecule has 0 saturated carbocycles. The number of ether oxygens (including phenoxy) is 1. The molecule has 3 aromatic rings. The van der Waals surface area contributed by atoms with Crippen molar-refractivity contribution in [2.24, 2.45) is 0 Å². The molecular weight excluding hydrogens is 340 g/mol. The number of para-hydroxylation sites is 1. The highest BCUT2D eigenvalue weighted by Crippen LogP contribution is 2.25. The lowest BCUT2D eigenvalue weighted by Gasteiger charge is -2.14. The predicted molar refractivity (Wildman–Crippen MR) is 96.8 cm³/mol. The molecule has 0 aliphatic carbocycles. The second-order valence-electron chi connectivity index (χ2n) is 5.62. The normalized spacial score (nSPS) is 11.8. The minimum absolute atomic E-state index is 0.259. The van der Waals surface area contributed by atoms with Crippen molar-refractivity contribution in [3.8, 4) is 17.0 Å². The van der Waals surface area contributed by atoms with E-state index >= 15 is 0 Å². The summed E-state index contributed by atoms with van der Waals surface area (Å²) in [6.07, 6.45) is -0.743. The van der Waals surface area contributed by atoms with Crippen LogP contribution in [0.2, 0.25) is 5.02 Å². The van der Waals surface area contributed by atoms with Crippen LogP contribution in [-0.4, -0.2) is 17.2 Å². The topological polar surface area (TPSA) is 64.4 Å². The van der Waals surface area contributed by atoms with Crippen LogP contribution < -0.4 is 10.1 Å². The molecule has 0 aliphatic rings. The average Bonchev–Trinajstić information content (AvgIpc) is 3.06. The lowest BCUT2D eigenvalue weighted by Crippen LogP contribution is -2.30. The zero-order valence-electron chi connectivity index (χ0n) is 13.8. The van der Waals surface area contributed by atoms with E-state index in [0.717, 1.165) is 11.1 Å². The van der Waals surface area contributed by atoms with Crippen molar-refractivity contribution in [1.29, 1.82) is 0 Å². The van der Waals surface area contributed by atoms with Gasteiger partial charge in [0, 0.05) is 11.6 Å². The van der Waals surface area contributed by atoms with E-state index in [0.29, 0.717) is 16.5 Å². The molecule has 1 amide bonds. The number of benzene rings is 2. The number of aromatic nitrogens is 1. The molecule has 1 atom stereocenters. The number of halogens is 1. The van der Waals surface area contributed by atoms with Crippen LogP contribution in [0.4, 0.5) is 5.88 Å².